The first kappa shape index (κ1) is 15.1. The van der Waals surface area contributed by atoms with E-state index in [1.165, 1.54) is 0 Å². The molecule has 0 saturated carbocycles. The quantitative estimate of drug-likeness (QED) is 0.787. The van der Waals surface area contributed by atoms with Crippen molar-refractivity contribution >= 4 is 0 Å². The third-order valence-corrected chi connectivity index (χ3v) is 2.63. The lowest BCUT2D eigenvalue weighted by Gasteiger charge is -2.14. The van der Waals surface area contributed by atoms with Gasteiger partial charge < -0.3 is 5.11 Å². The van der Waals surface area contributed by atoms with Crippen molar-refractivity contribution in [1.82, 2.24) is 4.98 Å². The Hall–Kier alpha value is -2.25. The van der Waals surface area contributed by atoms with Gasteiger partial charge in [-0.1, -0.05) is 0 Å². The molecule has 0 fully saturated rings. The fourth-order valence-corrected chi connectivity index (χ4v) is 1.66. The molecule has 0 atom stereocenters. The highest BCUT2D eigenvalue weighted by molar-refractivity contribution is 5.62. The number of halogens is 6. The highest BCUT2D eigenvalue weighted by atomic mass is 19.4. The summed E-state index contributed by atoms with van der Waals surface area (Å²) < 4.78 is 76.1. The summed E-state index contributed by atoms with van der Waals surface area (Å²) in [6, 6.07) is 3.45. The zero-order valence-electron chi connectivity index (χ0n) is 10.1. The second-order valence-electron chi connectivity index (χ2n) is 4.20. The maximum Gasteiger partial charge on any atom is 0.416 e. The Balaban J connectivity index is 2.63. The number of aromatic hydroxyl groups is 1. The van der Waals surface area contributed by atoms with Gasteiger partial charge in [0, 0.05) is 5.56 Å². The lowest BCUT2D eigenvalue weighted by atomic mass is 10.0. The maximum absolute atomic E-state index is 12.7. The molecule has 1 aromatic carbocycles. The van der Waals surface area contributed by atoms with E-state index in [2.05, 4.69) is 4.98 Å². The summed E-state index contributed by atoms with van der Waals surface area (Å²) in [4.78, 5) is 3.61. The van der Waals surface area contributed by atoms with Crippen LogP contribution >= 0.6 is 0 Å². The smallest absolute Gasteiger partial charge is 0.416 e. The fourth-order valence-electron chi connectivity index (χ4n) is 1.66. The van der Waals surface area contributed by atoms with E-state index in [1.807, 2.05) is 0 Å². The predicted molar refractivity (Wildman–Crippen MR) is 61.3 cm³/mol. The number of nitrogens with zero attached hydrogens (tertiary/aromatic N) is 1. The molecule has 0 aliphatic heterocycles. The van der Waals surface area contributed by atoms with Crippen molar-refractivity contribution in [2.24, 2.45) is 0 Å². The van der Waals surface area contributed by atoms with E-state index in [9.17, 15) is 26.3 Å². The third-order valence-electron chi connectivity index (χ3n) is 2.63. The van der Waals surface area contributed by atoms with Crippen LogP contribution in [0.25, 0.3) is 11.3 Å². The second kappa shape index (κ2) is 4.94. The topological polar surface area (TPSA) is 33.1 Å². The molecular weight excluding hydrogens is 300 g/mol. The van der Waals surface area contributed by atoms with E-state index in [-0.39, 0.29) is 23.1 Å². The van der Waals surface area contributed by atoms with Crippen LogP contribution in [0, 0.1) is 0 Å². The average molecular weight is 307 g/mol. The van der Waals surface area contributed by atoms with Gasteiger partial charge in [0.1, 0.15) is 5.75 Å². The Labute approximate surface area is 114 Å². The summed E-state index contributed by atoms with van der Waals surface area (Å²) in [7, 11) is 0. The standard InChI is InChI=1S/C13H7F6NO/c14-12(15,16)8-3-7(4-9(5-8)13(17,18)19)11-2-1-10(21)6-20-11/h1-6,21H. The van der Waals surface area contributed by atoms with Gasteiger partial charge in [-0.25, -0.2) is 0 Å². The number of alkyl halides is 6. The molecule has 0 unspecified atom stereocenters. The first-order valence-corrected chi connectivity index (χ1v) is 5.52. The number of hydrogen-bond acceptors (Lipinski definition) is 2. The van der Waals surface area contributed by atoms with E-state index in [4.69, 9.17) is 5.11 Å². The van der Waals surface area contributed by atoms with Crippen LogP contribution in [0.15, 0.2) is 36.5 Å². The number of hydrogen-bond donors (Lipinski definition) is 1. The molecule has 1 aromatic heterocycles. The van der Waals surface area contributed by atoms with Crippen molar-refractivity contribution in [2.45, 2.75) is 12.4 Å². The summed E-state index contributed by atoms with van der Waals surface area (Å²) >= 11 is 0. The van der Waals surface area contributed by atoms with Crippen molar-refractivity contribution in [3.05, 3.63) is 47.7 Å². The largest absolute Gasteiger partial charge is 0.506 e. The van der Waals surface area contributed by atoms with Crippen LogP contribution in [0.1, 0.15) is 11.1 Å². The van der Waals surface area contributed by atoms with Crippen LogP contribution in [-0.2, 0) is 12.4 Å². The molecule has 21 heavy (non-hydrogen) atoms. The minimum Gasteiger partial charge on any atom is -0.506 e. The number of pyridine rings is 1. The van der Waals surface area contributed by atoms with Gasteiger partial charge in [-0.15, -0.1) is 0 Å². The van der Waals surface area contributed by atoms with Gasteiger partial charge in [-0.2, -0.15) is 26.3 Å². The number of benzene rings is 1. The number of aromatic nitrogens is 1. The van der Waals surface area contributed by atoms with E-state index >= 15 is 0 Å². The molecule has 1 N–H and O–H groups in total. The van der Waals surface area contributed by atoms with Gasteiger partial charge in [0.2, 0.25) is 0 Å². The average Bonchev–Trinajstić information content (AvgIpc) is 2.37. The van der Waals surface area contributed by atoms with Gasteiger partial charge in [-0.05, 0) is 30.3 Å². The molecular formula is C13H7F6NO. The van der Waals surface area contributed by atoms with Gasteiger partial charge in [-0.3, -0.25) is 4.98 Å². The Bertz CT molecular complexity index is 613. The van der Waals surface area contributed by atoms with Gasteiger partial charge >= 0.3 is 12.4 Å². The maximum atomic E-state index is 12.7. The minimum absolute atomic E-state index is 0.0455. The molecule has 0 amide bonds. The molecule has 8 heteroatoms. The fraction of sp³-hybridized carbons (Fsp3) is 0.154. The highest BCUT2D eigenvalue weighted by Gasteiger charge is 2.37. The molecule has 0 bridgehead atoms. The highest BCUT2D eigenvalue weighted by Crippen LogP contribution is 2.38. The Morgan fingerprint density at radius 3 is 1.71 bits per heavy atom. The molecule has 0 saturated heterocycles. The molecule has 2 rings (SSSR count). The predicted octanol–water partition coefficient (Wildman–Crippen LogP) is 4.49. The first-order chi connectivity index (χ1) is 9.57. The normalized spacial score (nSPS) is 12.5. The molecule has 1 heterocycles. The van der Waals surface area contributed by atoms with Crippen molar-refractivity contribution < 1.29 is 31.4 Å². The first-order valence-electron chi connectivity index (χ1n) is 5.52. The molecule has 0 radical (unpaired) electrons. The molecule has 2 nitrogen and oxygen atoms in total. The third kappa shape index (κ3) is 3.45. The summed E-state index contributed by atoms with van der Waals surface area (Å²) in [6.45, 7) is 0. The van der Waals surface area contributed by atoms with E-state index in [1.54, 1.807) is 0 Å². The molecule has 0 spiro atoms. The van der Waals surface area contributed by atoms with Crippen LogP contribution in [0.2, 0.25) is 0 Å². The molecule has 2 aromatic rings. The number of rotatable bonds is 1. The van der Waals surface area contributed by atoms with Gasteiger partial charge in [0.05, 0.1) is 23.0 Å². The zero-order valence-corrected chi connectivity index (χ0v) is 10.1. The second-order valence-corrected chi connectivity index (χ2v) is 4.20. The van der Waals surface area contributed by atoms with Crippen molar-refractivity contribution in [2.75, 3.05) is 0 Å². The molecule has 112 valence electrons. The molecule has 0 aliphatic carbocycles. The Kier molecular flexibility index (Phi) is 3.56. The lowest BCUT2D eigenvalue weighted by molar-refractivity contribution is -0.143. The SMILES string of the molecule is Oc1ccc(-c2cc(C(F)(F)F)cc(C(F)(F)F)c2)nc1. The van der Waals surface area contributed by atoms with E-state index < -0.39 is 23.5 Å². The zero-order chi connectivity index (χ0) is 15.8. The van der Waals surface area contributed by atoms with E-state index in [0.717, 1.165) is 18.3 Å². The van der Waals surface area contributed by atoms with Crippen LogP contribution < -0.4 is 0 Å². The van der Waals surface area contributed by atoms with Crippen molar-refractivity contribution in [3.8, 4) is 17.0 Å². The van der Waals surface area contributed by atoms with Gasteiger partial charge in [0.25, 0.3) is 0 Å². The Morgan fingerprint density at radius 1 is 0.810 bits per heavy atom. The summed E-state index contributed by atoms with van der Waals surface area (Å²) in [5, 5.41) is 9.05. The van der Waals surface area contributed by atoms with Crippen molar-refractivity contribution in [1.29, 1.82) is 0 Å². The summed E-state index contributed by atoms with van der Waals surface area (Å²) in [5.41, 5.74) is -3.27. The van der Waals surface area contributed by atoms with Gasteiger partial charge in [0.15, 0.2) is 0 Å². The summed E-state index contributed by atoms with van der Waals surface area (Å²) in [6.07, 6.45) is -8.89. The molecule has 0 aliphatic rings. The monoisotopic (exact) mass is 307 g/mol. The van der Waals surface area contributed by atoms with Crippen molar-refractivity contribution in [3.63, 3.8) is 0 Å². The van der Waals surface area contributed by atoms with Crippen LogP contribution in [0.5, 0.6) is 5.75 Å². The Morgan fingerprint density at radius 2 is 1.33 bits per heavy atom. The summed E-state index contributed by atoms with van der Waals surface area (Å²) in [5.74, 6) is -0.248. The van der Waals surface area contributed by atoms with Crippen LogP contribution in [-0.4, -0.2) is 10.1 Å². The van der Waals surface area contributed by atoms with Crippen LogP contribution in [0.4, 0.5) is 26.3 Å². The van der Waals surface area contributed by atoms with Crippen LogP contribution in [0.3, 0.4) is 0 Å². The minimum atomic E-state index is -4.91. The van der Waals surface area contributed by atoms with E-state index in [0.29, 0.717) is 12.1 Å². The lowest BCUT2D eigenvalue weighted by Crippen LogP contribution is -2.11.